The van der Waals surface area contributed by atoms with Crippen LogP contribution in [0.25, 0.3) is 0 Å². The van der Waals surface area contributed by atoms with Crippen LogP contribution in [0.5, 0.6) is 5.75 Å². The molecule has 0 saturated carbocycles. The van der Waals surface area contributed by atoms with Crippen molar-refractivity contribution in [3.8, 4) is 5.75 Å². The lowest BCUT2D eigenvalue weighted by Crippen LogP contribution is -2.10. The molecule has 0 aliphatic heterocycles. The van der Waals surface area contributed by atoms with E-state index in [4.69, 9.17) is 27.5 Å². The van der Waals surface area contributed by atoms with Crippen molar-refractivity contribution < 1.29 is 4.74 Å². The Balaban J connectivity index is 1.71. The molecule has 4 heteroatoms. The maximum absolute atomic E-state index is 7.39. The number of halogens is 1. The zero-order valence-electron chi connectivity index (χ0n) is 11.7. The van der Waals surface area contributed by atoms with Crippen LogP contribution < -0.4 is 10.5 Å². The summed E-state index contributed by atoms with van der Waals surface area (Å²) >= 11 is 6.16. The van der Waals surface area contributed by atoms with Gasteiger partial charge in [0.15, 0.2) is 0 Å². The first-order valence-electron chi connectivity index (χ1n) is 7.01. The Hall–Kier alpha value is -2.00. The Labute approximate surface area is 129 Å². The number of nitrogens with one attached hydrogen (secondary N) is 1. The summed E-state index contributed by atoms with van der Waals surface area (Å²) < 4.78 is 5.77. The smallest absolute Gasteiger partial charge is 0.138 e. The van der Waals surface area contributed by atoms with Gasteiger partial charge in [0.2, 0.25) is 0 Å². The highest BCUT2D eigenvalue weighted by Crippen LogP contribution is 2.27. The van der Waals surface area contributed by atoms with Crippen LogP contribution in [0.4, 0.5) is 0 Å². The van der Waals surface area contributed by atoms with E-state index < -0.39 is 0 Å². The molecular formula is C17H17ClN2O. The number of nitrogens with two attached hydrogens (primary N) is 1. The average Bonchev–Trinajstić information content (AvgIpc) is 2.93. The standard InChI is InChI=1S/C17H17ClN2O/c18-15-9-14(17(19)20)6-7-16(15)21-10-11-4-5-12-2-1-3-13(12)8-11/h4-9H,1-3,10H2,(H3,19,20). The van der Waals surface area contributed by atoms with Crippen LogP contribution in [0, 0.1) is 5.41 Å². The fourth-order valence-corrected chi connectivity index (χ4v) is 2.90. The zero-order valence-corrected chi connectivity index (χ0v) is 12.4. The highest BCUT2D eigenvalue weighted by molar-refractivity contribution is 6.32. The highest BCUT2D eigenvalue weighted by Gasteiger charge is 2.11. The minimum Gasteiger partial charge on any atom is -0.487 e. The van der Waals surface area contributed by atoms with E-state index in [9.17, 15) is 0 Å². The van der Waals surface area contributed by atoms with Crippen LogP contribution >= 0.6 is 11.6 Å². The molecule has 108 valence electrons. The van der Waals surface area contributed by atoms with Gasteiger partial charge in [-0.2, -0.15) is 0 Å². The third kappa shape index (κ3) is 3.03. The quantitative estimate of drug-likeness (QED) is 0.668. The van der Waals surface area contributed by atoms with Gasteiger partial charge in [0.1, 0.15) is 18.2 Å². The number of nitrogen functional groups attached to an aromatic ring is 1. The Kier molecular flexibility index (Phi) is 3.84. The van der Waals surface area contributed by atoms with Gasteiger partial charge in [-0.25, -0.2) is 0 Å². The average molecular weight is 301 g/mol. The van der Waals surface area contributed by atoms with E-state index in [1.165, 1.54) is 24.0 Å². The number of benzene rings is 2. The van der Waals surface area contributed by atoms with Crippen LogP contribution in [-0.2, 0) is 19.4 Å². The van der Waals surface area contributed by atoms with Crippen molar-refractivity contribution in [1.82, 2.24) is 0 Å². The summed E-state index contributed by atoms with van der Waals surface area (Å²) in [5.74, 6) is 0.615. The predicted molar refractivity (Wildman–Crippen MR) is 85.3 cm³/mol. The summed E-state index contributed by atoms with van der Waals surface area (Å²) in [5, 5.41) is 7.86. The molecule has 0 fully saturated rings. The molecule has 0 heterocycles. The summed E-state index contributed by atoms with van der Waals surface area (Å²) in [5.41, 5.74) is 10.1. The van der Waals surface area contributed by atoms with Crippen LogP contribution in [0.1, 0.15) is 28.7 Å². The van der Waals surface area contributed by atoms with Gasteiger partial charge < -0.3 is 10.5 Å². The lowest BCUT2D eigenvalue weighted by Gasteiger charge is -2.10. The molecule has 3 rings (SSSR count). The Bertz CT molecular complexity index is 697. The largest absolute Gasteiger partial charge is 0.487 e. The number of hydrogen-bond acceptors (Lipinski definition) is 2. The first-order chi connectivity index (χ1) is 10.1. The van der Waals surface area contributed by atoms with E-state index in [1.807, 2.05) is 0 Å². The molecule has 3 N–H and O–H groups in total. The summed E-state index contributed by atoms with van der Waals surface area (Å²) in [6, 6.07) is 11.7. The van der Waals surface area contributed by atoms with Crippen molar-refractivity contribution in [3.63, 3.8) is 0 Å². The van der Waals surface area contributed by atoms with Crippen LogP contribution in [0.3, 0.4) is 0 Å². The zero-order chi connectivity index (χ0) is 14.8. The molecule has 0 unspecified atom stereocenters. The number of rotatable bonds is 4. The maximum atomic E-state index is 7.39. The number of fused-ring (bicyclic) bond motifs is 1. The first-order valence-corrected chi connectivity index (χ1v) is 7.39. The summed E-state index contributed by atoms with van der Waals surface area (Å²) in [6.07, 6.45) is 3.60. The molecule has 2 aromatic carbocycles. The molecule has 2 aromatic rings. The summed E-state index contributed by atoms with van der Waals surface area (Å²) in [4.78, 5) is 0. The Morgan fingerprint density at radius 3 is 2.71 bits per heavy atom. The van der Waals surface area contributed by atoms with E-state index >= 15 is 0 Å². The lowest BCUT2D eigenvalue weighted by molar-refractivity contribution is 0.306. The van der Waals surface area contributed by atoms with Gasteiger partial charge >= 0.3 is 0 Å². The Morgan fingerprint density at radius 2 is 1.95 bits per heavy atom. The van der Waals surface area contributed by atoms with Crippen molar-refractivity contribution >= 4 is 17.4 Å². The van der Waals surface area contributed by atoms with Gasteiger partial charge in [0, 0.05) is 5.56 Å². The van der Waals surface area contributed by atoms with Crippen molar-refractivity contribution in [1.29, 1.82) is 5.41 Å². The number of amidine groups is 1. The maximum Gasteiger partial charge on any atom is 0.138 e. The van der Waals surface area contributed by atoms with E-state index in [1.54, 1.807) is 18.2 Å². The van der Waals surface area contributed by atoms with Crippen molar-refractivity contribution in [2.24, 2.45) is 5.73 Å². The van der Waals surface area contributed by atoms with Crippen molar-refractivity contribution in [2.75, 3.05) is 0 Å². The molecule has 0 aromatic heterocycles. The minimum atomic E-state index is 0.00192. The number of ether oxygens (including phenoxy) is 1. The SMILES string of the molecule is N=C(N)c1ccc(OCc2ccc3c(c2)CCC3)c(Cl)c1. The lowest BCUT2D eigenvalue weighted by atomic mass is 10.1. The first kappa shape index (κ1) is 14.0. The van der Waals surface area contributed by atoms with Gasteiger partial charge in [-0.1, -0.05) is 29.8 Å². The van der Waals surface area contributed by atoms with Gasteiger partial charge in [-0.15, -0.1) is 0 Å². The topological polar surface area (TPSA) is 59.1 Å². The van der Waals surface area contributed by atoms with Gasteiger partial charge in [0.05, 0.1) is 5.02 Å². The molecule has 0 spiro atoms. The van der Waals surface area contributed by atoms with Crippen LogP contribution in [0.2, 0.25) is 5.02 Å². The summed E-state index contributed by atoms with van der Waals surface area (Å²) in [7, 11) is 0. The number of aryl methyl sites for hydroxylation is 2. The molecule has 3 nitrogen and oxygen atoms in total. The number of hydrogen-bond donors (Lipinski definition) is 2. The van der Waals surface area contributed by atoms with Crippen molar-refractivity contribution in [3.05, 3.63) is 63.7 Å². The monoisotopic (exact) mass is 300 g/mol. The van der Waals surface area contributed by atoms with E-state index in [-0.39, 0.29) is 5.84 Å². The second kappa shape index (κ2) is 5.78. The molecule has 0 radical (unpaired) electrons. The second-order valence-electron chi connectivity index (χ2n) is 5.30. The fraction of sp³-hybridized carbons (Fsp3) is 0.235. The van der Waals surface area contributed by atoms with E-state index in [2.05, 4.69) is 18.2 Å². The third-order valence-corrected chi connectivity index (χ3v) is 4.10. The molecule has 0 bridgehead atoms. The van der Waals surface area contributed by atoms with Crippen molar-refractivity contribution in [2.45, 2.75) is 25.9 Å². The van der Waals surface area contributed by atoms with Crippen LogP contribution in [0.15, 0.2) is 36.4 Å². The third-order valence-electron chi connectivity index (χ3n) is 3.80. The fourth-order valence-electron chi connectivity index (χ4n) is 2.66. The molecule has 1 aliphatic rings. The van der Waals surface area contributed by atoms with Crippen LogP contribution in [-0.4, -0.2) is 5.84 Å². The molecule has 21 heavy (non-hydrogen) atoms. The molecule has 0 saturated heterocycles. The summed E-state index contributed by atoms with van der Waals surface area (Å²) in [6.45, 7) is 0.492. The van der Waals surface area contributed by atoms with Gasteiger partial charge in [-0.3, -0.25) is 5.41 Å². The minimum absolute atomic E-state index is 0.00192. The molecule has 0 amide bonds. The highest BCUT2D eigenvalue weighted by atomic mass is 35.5. The molecule has 0 atom stereocenters. The normalized spacial score (nSPS) is 13.0. The van der Waals surface area contributed by atoms with Gasteiger partial charge in [0.25, 0.3) is 0 Å². The van der Waals surface area contributed by atoms with E-state index in [0.29, 0.717) is 22.9 Å². The molecule has 1 aliphatic carbocycles. The van der Waals surface area contributed by atoms with Gasteiger partial charge in [-0.05, 0) is 54.2 Å². The molecular weight excluding hydrogens is 284 g/mol. The predicted octanol–water partition coefficient (Wildman–Crippen LogP) is 3.69. The Morgan fingerprint density at radius 1 is 1.14 bits per heavy atom. The second-order valence-corrected chi connectivity index (χ2v) is 5.71. The van der Waals surface area contributed by atoms with E-state index in [0.717, 1.165) is 12.0 Å².